The predicted octanol–water partition coefficient (Wildman–Crippen LogP) is 0.818. The standard InChI is InChI=1S/C12H27N3O/c1-10(2)15(5)8-6-7-14-11(16)12(3,4)9-13/h10H,6-9,13H2,1-5H3,(H,14,16). The Morgan fingerprint density at radius 1 is 1.44 bits per heavy atom. The van der Waals surface area contributed by atoms with Crippen molar-refractivity contribution < 1.29 is 4.79 Å². The lowest BCUT2D eigenvalue weighted by molar-refractivity contribution is -0.128. The highest BCUT2D eigenvalue weighted by Crippen LogP contribution is 2.11. The van der Waals surface area contributed by atoms with Crippen LogP contribution < -0.4 is 11.1 Å². The van der Waals surface area contributed by atoms with Gasteiger partial charge in [-0.3, -0.25) is 4.79 Å². The van der Waals surface area contributed by atoms with Crippen LogP contribution in [0.5, 0.6) is 0 Å². The monoisotopic (exact) mass is 229 g/mol. The van der Waals surface area contributed by atoms with Gasteiger partial charge in [0.05, 0.1) is 5.41 Å². The molecule has 0 heterocycles. The Kier molecular flexibility index (Phi) is 6.60. The van der Waals surface area contributed by atoms with E-state index in [1.54, 1.807) is 0 Å². The Bertz CT molecular complexity index is 214. The molecule has 96 valence electrons. The first-order chi connectivity index (χ1) is 7.31. The molecule has 0 aliphatic rings. The Hall–Kier alpha value is -0.610. The van der Waals surface area contributed by atoms with Gasteiger partial charge in [-0.05, 0) is 47.7 Å². The number of rotatable bonds is 7. The van der Waals surface area contributed by atoms with Gasteiger partial charge in [0.15, 0.2) is 0 Å². The SMILES string of the molecule is CC(C)N(C)CCCNC(=O)C(C)(C)CN. The third-order valence-electron chi connectivity index (χ3n) is 2.98. The lowest BCUT2D eigenvalue weighted by Crippen LogP contribution is -2.42. The van der Waals surface area contributed by atoms with Crippen LogP contribution in [-0.2, 0) is 4.79 Å². The minimum absolute atomic E-state index is 0.0437. The molecule has 0 aliphatic heterocycles. The summed E-state index contributed by atoms with van der Waals surface area (Å²) in [7, 11) is 2.09. The van der Waals surface area contributed by atoms with Crippen LogP contribution in [0.25, 0.3) is 0 Å². The van der Waals surface area contributed by atoms with Gasteiger partial charge in [-0.15, -0.1) is 0 Å². The molecule has 0 aromatic carbocycles. The Morgan fingerprint density at radius 3 is 2.44 bits per heavy atom. The van der Waals surface area contributed by atoms with Crippen molar-refractivity contribution in [2.75, 3.05) is 26.7 Å². The number of nitrogens with zero attached hydrogens (tertiary/aromatic N) is 1. The first kappa shape index (κ1) is 15.4. The van der Waals surface area contributed by atoms with Crippen molar-refractivity contribution in [2.45, 2.75) is 40.2 Å². The number of hydrogen-bond acceptors (Lipinski definition) is 3. The van der Waals surface area contributed by atoms with Gasteiger partial charge in [0, 0.05) is 19.1 Å². The van der Waals surface area contributed by atoms with Crippen LogP contribution in [0.1, 0.15) is 34.1 Å². The fourth-order valence-electron chi connectivity index (χ4n) is 1.12. The molecule has 0 unspecified atom stereocenters. The van der Waals surface area contributed by atoms with Gasteiger partial charge in [-0.1, -0.05) is 0 Å². The van der Waals surface area contributed by atoms with Gasteiger partial charge in [0.2, 0.25) is 5.91 Å². The van der Waals surface area contributed by atoms with Crippen molar-refractivity contribution in [3.63, 3.8) is 0 Å². The molecule has 0 radical (unpaired) electrons. The summed E-state index contributed by atoms with van der Waals surface area (Å²) in [6.07, 6.45) is 0.973. The first-order valence-corrected chi connectivity index (χ1v) is 6.00. The maximum absolute atomic E-state index is 11.7. The van der Waals surface area contributed by atoms with Crippen molar-refractivity contribution in [2.24, 2.45) is 11.1 Å². The highest BCUT2D eigenvalue weighted by atomic mass is 16.2. The van der Waals surface area contributed by atoms with E-state index in [9.17, 15) is 4.79 Å². The summed E-state index contributed by atoms with van der Waals surface area (Å²) in [5.74, 6) is 0.0437. The molecule has 0 atom stereocenters. The molecule has 0 saturated heterocycles. The minimum Gasteiger partial charge on any atom is -0.356 e. The molecule has 0 fully saturated rings. The second-order valence-electron chi connectivity index (χ2n) is 5.27. The zero-order valence-electron chi connectivity index (χ0n) is 11.3. The summed E-state index contributed by atoms with van der Waals surface area (Å²) >= 11 is 0. The molecule has 4 heteroatoms. The second kappa shape index (κ2) is 6.86. The van der Waals surface area contributed by atoms with E-state index in [1.807, 2.05) is 13.8 Å². The fourth-order valence-corrected chi connectivity index (χ4v) is 1.12. The highest BCUT2D eigenvalue weighted by Gasteiger charge is 2.24. The maximum atomic E-state index is 11.7. The van der Waals surface area contributed by atoms with Crippen LogP contribution in [0, 0.1) is 5.41 Å². The normalized spacial score (nSPS) is 12.2. The largest absolute Gasteiger partial charge is 0.356 e. The smallest absolute Gasteiger partial charge is 0.226 e. The number of nitrogens with one attached hydrogen (secondary N) is 1. The van der Waals surface area contributed by atoms with Gasteiger partial charge < -0.3 is 16.0 Å². The van der Waals surface area contributed by atoms with Gasteiger partial charge in [-0.25, -0.2) is 0 Å². The van der Waals surface area contributed by atoms with E-state index < -0.39 is 5.41 Å². The zero-order chi connectivity index (χ0) is 12.8. The second-order valence-corrected chi connectivity index (χ2v) is 5.27. The molecular weight excluding hydrogens is 202 g/mol. The fraction of sp³-hybridized carbons (Fsp3) is 0.917. The Balaban J connectivity index is 3.72. The topological polar surface area (TPSA) is 58.4 Å². The van der Waals surface area contributed by atoms with E-state index in [4.69, 9.17) is 5.73 Å². The first-order valence-electron chi connectivity index (χ1n) is 6.00. The van der Waals surface area contributed by atoms with Gasteiger partial charge >= 0.3 is 0 Å². The summed E-state index contributed by atoms with van der Waals surface area (Å²) in [6.45, 7) is 10.2. The molecule has 0 aromatic rings. The van der Waals surface area contributed by atoms with Crippen LogP contribution in [0.3, 0.4) is 0 Å². The average molecular weight is 229 g/mol. The third kappa shape index (κ3) is 5.47. The van der Waals surface area contributed by atoms with E-state index in [2.05, 4.69) is 31.1 Å². The van der Waals surface area contributed by atoms with Crippen LogP contribution in [0.15, 0.2) is 0 Å². The molecule has 0 aromatic heterocycles. The zero-order valence-corrected chi connectivity index (χ0v) is 11.3. The minimum atomic E-state index is -0.454. The van der Waals surface area contributed by atoms with Crippen LogP contribution >= 0.6 is 0 Å². The molecule has 0 rings (SSSR count). The number of carbonyl (C=O) groups is 1. The highest BCUT2D eigenvalue weighted by molar-refractivity contribution is 5.81. The molecule has 16 heavy (non-hydrogen) atoms. The molecule has 0 spiro atoms. The summed E-state index contributed by atoms with van der Waals surface area (Å²) in [5.41, 5.74) is 5.08. The van der Waals surface area contributed by atoms with E-state index in [0.717, 1.165) is 19.5 Å². The summed E-state index contributed by atoms with van der Waals surface area (Å²) in [4.78, 5) is 13.9. The molecule has 1 amide bonds. The Morgan fingerprint density at radius 2 is 2.00 bits per heavy atom. The average Bonchev–Trinajstić information content (AvgIpc) is 2.23. The molecule has 0 bridgehead atoms. The van der Waals surface area contributed by atoms with Crippen LogP contribution in [0.2, 0.25) is 0 Å². The number of amides is 1. The van der Waals surface area contributed by atoms with Gasteiger partial charge in [0.25, 0.3) is 0 Å². The predicted molar refractivity (Wildman–Crippen MR) is 68.2 cm³/mol. The van der Waals surface area contributed by atoms with E-state index >= 15 is 0 Å². The Labute approximate surface area is 99.6 Å². The summed E-state index contributed by atoms with van der Waals surface area (Å²) in [5, 5.41) is 2.92. The number of carbonyl (C=O) groups excluding carboxylic acids is 1. The van der Waals surface area contributed by atoms with Crippen LogP contribution in [-0.4, -0.2) is 43.5 Å². The lowest BCUT2D eigenvalue weighted by Gasteiger charge is -2.23. The molecule has 0 aliphatic carbocycles. The van der Waals surface area contributed by atoms with Crippen molar-refractivity contribution in [3.05, 3.63) is 0 Å². The van der Waals surface area contributed by atoms with E-state index in [-0.39, 0.29) is 5.91 Å². The quantitative estimate of drug-likeness (QED) is 0.635. The van der Waals surface area contributed by atoms with E-state index in [1.165, 1.54) is 0 Å². The van der Waals surface area contributed by atoms with E-state index in [0.29, 0.717) is 12.6 Å². The molecule has 3 N–H and O–H groups in total. The number of hydrogen-bond donors (Lipinski definition) is 2. The summed E-state index contributed by atoms with van der Waals surface area (Å²) < 4.78 is 0. The van der Waals surface area contributed by atoms with Gasteiger partial charge in [0.1, 0.15) is 0 Å². The van der Waals surface area contributed by atoms with Crippen molar-refractivity contribution in [1.82, 2.24) is 10.2 Å². The maximum Gasteiger partial charge on any atom is 0.226 e. The van der Waals surface area contributed by atoms with Crippen molar-refractivity contribution in [1.29, 1.82) is 0 Å². The lowest BCUT2D eigenvalue weighted by atomic mass is 9.93. The number of nitrogens with two attached hydrogens (primary N) is 1. The molecular formula is C12H27N3O. The molecule has 4 nitrogen and oxygen atoms in total. The summed E-state index contributed by atoms with van der Waals surface area (Å²) in [6, 6.07) is 0.552. The van der Waals surface area contributed by atoms with Crippen molar-refractivity contribution in [3.8, 4) is 0 Å². The van der Waals surface area contributed by atoms with Crippen LogP contribution in [0.4, 0.5) is 0 Å². The third-order valence-corrected chi connectivity index (χ3v) is 2.98. The molecule has 0 saturated carbocycles. The van der Waals surface area contributed by atoms with Crippen molar-refractivity contribution >= 4 is 5.91 Å². The van der Waals surface area contributed by atoms with Gasteiger partial charge in [-0.2, -0.15) is 0 Å².